The molecule has 2 heterocycles. The summed E-state index contributed by atoms with van der Waals surface area (Å²) in [6.07, 6.45) is 1.32. The zero-order valence-electron chi connectivity index (χ0n) is 16.6. The van der Waals surface area contributed by atoms with E-state index in [9.17, 15) is 9.90 Å². The van der Waals surface area contributed by atoms with Crippen molar-refractivity contribution in [1.82, 2.24) is 4.90 Å². The highest BCUT2D eigenvalue weighted by Gasteiger charge is 2.22. The molecule has 3 aromatic rings. The van der Waals surface area contributed by atoms with Crippen molar-refractivity contribution < 1.29 is 14.6 Å². The third-order valence-corrected chi connectivity index (χ3v) is 6.31. The van der Waals surface area contributed by atoms with Crippen LogP contribution in [0.5, 0.6) is 5.75 Å². The molecule has 0 unspecified atom stereocenters. The van der Waals surface area contributed by atoms with E-state index in [1.54, 1.807) is 16.2 Å². The fraction of sp³-hybridized carbons (Fsp3) is 0.348. The van der Waals surface area contributed by atoms with Gasteiger partial charge < -0.3 is 19.6 Å². The number of carbonyl (C=O) groups is 1. The Hall–Kier alpha value is -2.57. The van der Waals surface area contributed by atoms with Gasteiger partial charge in [0, 0.05) is 37.1 Å². The molecule has 0 spiro atoms. The molecule has 1 amide bonds. The summed E-state index contributed by atoms with van der Waals surface area (Å²) in [7, 11) is 1.82. The van der Waals surface area contributed by atoms with E-state index in [0.717, 1.165) is 35.5 Å². The zero-order valence-corrected chi connectivity index (χ0v) is 17.4. The van der Waals surface area contributed by atoms with Gasteiger partial charge in [-0.1, -0.05) is 18.2 Å². The number of amides is 1. The number of hydrogen-bond donors (Lipinski definition) is 1. The van der Waals surface area contributed by atoms with Crippen molar-refractivity contribution in [3.05, 3.63) is 59.5 Å². The predicted molar refractivity (Wildman–Crippen MR) is 118 cm³/mol. The zero-order chi connectivity index (χ0) is 20.2. The Bertz CT molecular complexity index is 987. The maximum absolute atomic E-state index is 12.5. The molecule has 1 saturated heterocycles. The van der Waals surface area contributed by atoms with Crippen molar-refractivity contribution in [2.24, 2.45) is 0 Å². The van der Waals surface area contributed by atoms with Crippen LogP contribution in [0.15, 0.2) is 53.9 Å². The number of carbonyl (C=O) groups excluding carboxylic acids is 1. The first kappa shape index (κ1) is 19.7. The van der Waals surface area contributed by atoms with Gasteiger partial charge in [0.2, 0.25) is 0 Å². The number of β-amino-alcohol motifs (C(OH)–C–C–N with tert-alkyl or cyclic N) is 1. The van der Waals surface area contributed by atoms with Crippen LogP contribution in [-0.4, -0.2) is 55.3 Å². The number of rotatable bonds is 7. The van der Waals surface area contributed by atoms with Crippen molar-refractivity contribution >= 4 is 33.0 Å². The van der Waals surface area contributed by atoms with E-state index in [1.807, 2.05) is 42.8 Å². The van der Waals surface area contributed by atoms with Crippen molar-refractivity contribution in [3.63, 3.8) is 0 Å². The minimum Gasteiger partial charge on any atom is -0.484 e. The highest BCUT2D eigenvalue weighted by atomic mass is 32.1. The molecule has 29 heavy (non-hydrogen) atoms. The summed E-state index contributed by atoms with van der Waals surface area (Å²) in [5.74, 6) is 0.685. The van der Waals surface area contributed by atoms with Crippen LogP contribution in [0.2, 0.25) is 0 Å². The lowest BCUT2D eigenvalue weighted by atomic mass is 10.1. The Morgan fingerprint density at radius 2 is 2.14 bits per heavy atom. The standard InChI is InChI=1S/C23H26N2O3S/c1-24(23(27)16-28-20-7-6-18-10-13-29-22(18)14-20)11-8-17-4-2-3-5-21(17)25-12-9-19(26)15-25/h2-7,10,13-14,19,26H,8-9,11-12,15-16H2,1H3/t19-/m0/s1. The first-order valence-corrected chi connectivity index (χ1v) is 10.8. The van der Waals surface area contributed by atoms with Crippen molar-refractivity contribution in [2.75, 3.05) is 38.2 Å². The average Bonchev–Trinajstić information content (AvgIpc) is 3.38. The molecule has 0 aliphatic carbocycles. The van der Waals surface area contributed by atoms with Gasteiger partial charge in [-0.15, -0.1) is 11.3 Å². The lowest BCUT2D eigenvalue weighted by molar-refractivity contribution is -0.132. The van der Waals surface area contributed by atoms with Crippen LogP contribution in [-0.2, 0) is 11.2 Å². The smallest absolute Gasteiger partial charge is 0.260 e. The van der Waals surface area contributed by atoms with Crippen LogP contribution in [0, 0.1) is 0 Å². The van der Waals surface area contributed by atoms with Crippen LogP contribution in [0.3, 0.4) is 0 Å². The van der Waals surface area contributed by atoms with Gasteiger partial charge in [0.25, 0.3) is 5.91 Å². The third kappa shape index (κ3) is 4.71. The summed E-state index contributed by atoms with van der Waals surface area (Å²) in [6.45, 7) is 2.20. The van der Waals surface area contributed by atoms with Gasteiger partial charge >= 0.3 is 0 Å². The first-order chi connectivity index (χ1) is 14.1. The van der Waals surface area contributed by atoms with Crippen LogP contribution >= 0.6 is 11.3 Å². The molecule has 1 aromatic heterocycles. The summed E-state index contributed by atoms with van der Waals surface area (Å²) >= 11 is 1.66. The second-order valence-electron chi connectivity index (χ2n) is 7.49. The number of anilines is 1. The van der Waals surface area contributed by atoms with E-state index in [1.165, 1.54) is 10.9 Å². The molecule has 6 heteroatoms. The number of aliphatic hydroxyl groups excluding tert-OH is 1. The molecule has 0 bridgehead atoms. The number of thiophene rings is 1. The van der Waals surface area contributed by atoms with Gasteiger partial charge in [0.1, 0.15) is 5.75 Å². The number of likely N-dealkylation sites (N-methyl/N-ethyl adjacent to an activating group) is 1. The quantitative estimate of drug-likeness (QED) is 0.647. The molecule has 1 N–H and O–H groups in total. The Balaban J connectivity index is 1.31. The lowest BCUT2D eigenvalue weighted by Gasteiger charge is -2.23. The van der Waals surface area contributed by atoms with Crippen molar-refractivity contribution in [3.8, 4) is 5.75 Å². The van der Waals surface area contributed by atoms with Gasteiger partial charge in [-0.05, 0) is 59.5 Å². The average molecular weight is 411 g/mol. The molecule has 1 fully saturated rings. The van der Waals surface area contributed by atoms with E-state index in [2.05, 4.69) is 23.1 Å². The summed E-state index contributed by atoms with van der Waals surface area (Å²) in [4.78, 5) is 16.4. The number of aliphatic hydroxyl groups is 1. The number of benzene rings is 2. The van der Waals surface area contributed by atoms with Gasteiger partial charge in [-0.3, -0.25) is 4.79 Å². The second-order valence-corrected chi connectivity index (χ2v) is 8.44. The molecule has 1 atom stereocenters. The Kier molecular flexibility index (Phi) is 6.02. The highest BCUT2D eigenvalue weighted by Crippen LogP contribution is 2.26. The monoisotopic (exact) mass is 410 g/mol. The van der Waals surface area contributed by atoms with Crippen molar-refractivity contribution in [2.45, 2.75) is 18.9 Å². The van der Waals surface area contributed by atoms with E-state index in [0.29, 0.717) is 13.1 Å². The molecule has 1 aliphatic rings. The minimum atomic E-state index is -0.252. The largest absolute Gasteiger partial charge is 0.484 e. The van der Waals surface area contributed by atoms with Gasteiger partial charge in [-0.2, -0.15) is 0 Å². The first-order valence-electron chi connectivity index (χ1n) is 9.95. The van der Waals surface area contributed by atoms with Crippen LogP contribution in [0.25, 0.3) is 10.1 Å². The Labute approximate surface area is 175 Å². The third-order valence-electron chi connectivity index (χ3n) is 5.43. The normalized spacial score (nSPS) is 16.3. The highest BCUT2D eigenvalue weighted by molar-refractivity contribution is 7.17. The van der Waals surface area contributed by atoms with E-state index in [-0.39, 0.29) is 18.6 Å². The van der Waals surface area contributed by atoms with Gasteiger partial charge in [0.05, 0.1) is 6.10 Å². The van der Waals surface area contributed by atoms with Gasteiger partial charge in [0.15, 0.2) is 6.61 Å². The Morgan fingerprint density at radius 3 is 2.97 bits per heavy atom. The lowest BCUT2D eigenvalue weighted by Crippen LogP contribution is -2.33. The maximum Gasteiger partial charge on any atom is 0.260 e. The Morgan fingerprint density at radius 1 is 1.28 bits per heavy atom. The summed E-state index contributed by atoms with van der Waals surface area (Å²) in [5.41, 5.74) is 2.36. The molecular weight excluding hydrogens is 384 g/mol. The van der Waals surface area contributed by atoms with Crippen LogP contribution in [0.1, 0.15) is 12.0 Å². The van der Waals surface area contributed by atoms with Gasteiger partial charge in [-0.25, -0.2) is 0 Å². The number of para-hydroxylation sites is 1. The topological polar surface area (TPSA) is 53.0 Å². The molecule has 5 nitrogen and oxygen atoms in total. The summed E-state index contributed by atoms with van der Waals surface area (Å²) in [6, 6.07) is 16.2. The van der Waals surface area contributed by atoms with Crippen molar-refractivity contribution in [1.29, 1.82) is 0 Å². The summed E-state index contributed by atoms with van der Waals surface area (Å²) in [5, 5.41) is 13.1. The second kappa shape index (κ2) is 8.84. The SMILES string of the molecule is CN(CCc1ccccc1N1CC[C@H](O)C1)C(=O)COc1ccc2ccsc2c1. The molecule has 152 valence electrons. The number of hydrogen-bond acceptors (Lipinski definition) is 5. The minimum absolute atomic E-state index is 0.0351. The molecule has 0 saturated carbocycles. The molecule has 4 rings (SSSR count). The number of ether oxygens (including phenoxy) is 1. The predicted octanol–water partition coefficient (Wildman–Crippen LogP) is 3.55. The van der Waals surface area contributed by atoms with E-state index in [4.69, 9.17) is 4.74 Å². The van der Waals surface area contributed by atoms with Crippen LogP contribution < -0.4 is 9.64 Å². The number of fused-ring (bicyclic) bond motifs is 1. The summed E-state index contributed by atoms with van der Waals surface area (Å²) < 4.78 is 6.87. The molecule has 0 radical (unpaired) electrons. The number of nitrogens with zero attached hydrogens (tertiary/aromatic N) is 2. The van der Waals surface area contributed by atoms with E-state index < -0.39 is 0 Å². The fourth-order valence-corrected chi connectivity index (χ4v) is 4.50. The van der Waals surface area contributed by atoms with Crippen LogP contribution in [0.4, 0.5) is 5.69 Å². The van der Waals surface area contributed by atoms with E-state index >= 15 is 0 Å². The molecule has 1 aliphatic heterocycles. The fourth-order valence-electron chi connectivity index (χ4n) is 3.68. The molecular formula is C23H26N2O3S. The maximum atomic E-state index is 12.5. The molecule has 2 aromatic carbocycles.